The molecule has 0 heterocycles. The molecule has 0 aromatic heterocycles. The molecule has 3 nitrogen and oxygen atoms in total. The standard InChI is InChI=1S/C14H21NO2S/c1-10(2)15(3)12-6-4-11(5-7-12)13(18)8-9-14(16)17/h4-7,10,13,18H,8-9H2,1-3H3,(H,16,17). The van der Waals surface area contributed by atoms with Crippen LogP contribution in [0.4, 0.5) is 5.69 Å². The van der Waals surface area contributed by atoms with Crippen LogP contribution in [0.1, 0.15) is 37.5 Å². The molecular weight excluding hydrogens is 246 g/mol. The van der Waals surface area contributed by atoms with Gasteiger partial charge in [-0.3, -0.25) is 4.79 Å². The second-order valence-corrected chi connectivity index (χ2v) is 5.37. The Bertz CT molecular complexity index is 389. The average Bonchev–Trinajstić information content (AvgIpc) is 2.35. The molecule has 0 fully saturated rings. The molecule has 1 aromatic carbocycles. The molecule has 1 rings (SSSR count). The Morgan fingerprint density at radius 2 is 1.89 bits per heavy atom. The molecule has 0 amide bonds. The van der Waals surface area contributed by atoms with Crippen molar-refractivity contribution in [1.82, 2.24) is 0 Å². The lowest BCUT2D eigenvalue weighted by Gasteiger charge is -2.24. The molecule has 0 saturated carbocycles. The first kappa shape index (κ1) is 14.9. The van der Waals surface area contributed by atoms with Crippen molar-refractivity contribution in [2.45, 2.75) is 38.0 Å². The number of carboxylic acids is 1. The summed E-state index contributed by atoms with van der Waals surface area (Å²) in [6.45, 7) is 4.28. The highest BCUT2D eigenvalue weighted by molar-refractivity contribution is 7.80. The van der Waals surface area contributed by atoms with E-state index >= 15 is 0 Å². The second-order valence-electron chi connectivity index (χ2n) is 4.74. The quantitative estimate of drug-likeness (QED) is 0.776. The van der Waals surface area contributed by atoms with Crippen LogP contribution in [0.5, 0.6) is 0 Å². The summed E-state index contributed by atoms with van der Waals surface area (Å²) in [7, 11) is 2.06. The van der Waals surface area contributed by atoms with E-state index in [0.717, 1.165) is 11.3 Å². The monoisotopic (exact) mass is 267 g/mol. The minimum atomic E-state index is -0.773. The van der Waals surface area contributed by atoms with Crippen molar-refractivity contribution in [3.63, 3.8) is 0 Å². The molecule has 4 heteroatoms. The average molecular weight is 267 g/mol. The lowest BCUT2D eigenvalue weighted by atomic mass is 10.1. The van der Waals surface area contributed by atoms with Crippen LogP contribution in [-0.2, 0) is 4.79 Å². The number of rotatable bonds is 6. The van der Waals surface area contributed by atoms with E-state index in [0.29, 0.717) is 12.5 Å². The van der Waals surface area contributed by atoms with Gasteiger partial charge in [0.2, 0.25) is 0 Å². The molecule has 1 aromatic rings. The molecular formula is C14H21NO2S. The highest BCUT2D eigenvalue weighted by atomic mass is 32.1. The van der Waals surface area contributed by atoms with E-state index in [4.69, 9.17) is 5.11 Å². The molecule has 18 heavy (non-hydrogen) atoms. The van der Waals surface area contributed by atoms with Crippen LogP contribution in [0.15, 0.2) is 24.3 Å². The maximum atomic E-state index is 10.5. The van der Waals surface area contributed by atoms with E-state index in [1.54, 1.807) is 0 Å². The van der Waals surface area contributed by atoms with Crippen LogP contribution in [-0.4, -0.2) is 24.2 Å². The van der Waals surface area contributed by atoms with E-state index in [9.17, 15) is 4.79 Å². The molecule has 0 saturated heterocycles. The minimum absolute atomic E-state index is 0.0143. The van der Waals surface area contributed by atoms with Gasteiger partial charge in [0.05, 0.1) is 0 Å². The van der Waals surface area contributed by atoms with Crippen LogP contribution in [0.3, 0.4) is 0 Å². The van der Waals surface area contributed by atoms with E-state index in [1.807, 2.05) is 12.1 Å². The van der Waals surface area contributed by atoms with Gasteiger partial charge in [-0.25, -0.2) is 0 Å². The molecule has 0 aliphatic carbocycles. The van der Waals surface area contributed by atoms with Gasteiger partial charge in [-0.2, -0.15) is 12.6 Å². The topological polar surface area (TPSA) is 40.5 Å². The zero-order valence-corrected chi connectivity index (χ0v) is 12.0. The van der Waals surface area contributed by atoms with Gasteiger partial charge in [0.15, 0.2) is 0 Å². The largest absolute Gasteiger partial charge is 0.481 e. The molecule has 100 valence electrons. The summed E-state index contributed by atoms with van der Waals surface area (Å²) in [4.78, 5) is 12.7. The number of anilines is 1. The number of hydrogen-bond acceptors (Lipinski definition) is 3. The van der Waals surface area contributed by atoms with Crippen LogP contribution in [0.2, 0.25) is 0 Å². The van der Waals surface area contributed by atoms with Gasteiger partial charge in [-0.05, 0) is 38.0 Å². The Labute approximate surface area is 114 Å². The number of nitrogens with zero attached hydrogens (tertiary/aromatic N) is 1. The fourth-order valence-corrected chi connectivity index (χ4v) is 1.96. The predicted octanol–water partition coefficient (Wildman–Crippen LogP) is 3.37. The first-order valence-electron chi connectivity index (χ1n) is 6.14. The number of aliphatic carboxylic acids is 1. The number of hydrogen-bond donors (Lipinski definition) is 2. The van der Waals surface area contributed by atoms with Crippen LogP contribution >= 0.6 is 12.6 Å². The number of carbonyl (C=O) groups is 1. The maximum absolute atomic E-state index is 10.5. The summed E-state index contributed by atoms with van der Waals surface area (Å²) in [5, 5.41) is 8.63. The Kier molecular flexibility index (Phi) is 5.54. The van der Waals surface area contributed by atoms with E-state index in [1.165, 1.54) is 0 Å². The lowest BCUT2D eigenvalue weighted by Crippen LogP contribution is -2.25. The minimum Gasteiger partial charge on any atom is -0.481 e. The van der Waals surface area contributed by atoms with Gasteiger partial charge in [-0.1, -0.05) is 12.1 Å². The Balaban J connectivity index is 2.67. The number of thiol groups is 1. The zero-order chi connectivity index (χ0) is 13.7. The summed E-state index contributed by atoms with van der Waals surface area (Å²) in [5.41, 5.74) is 2.23. The molecule has 1 unspecified atom stereocenters. The van der Waals surface area contributed by atoms with Gasteiger partial charge >= 0.3 is 5.97 Å². The molecule has 1 atom stereocenters. The van der Waals surface area contributed by atoms with Crippen molar-refractivity contribution >= 4 is 24.3 Å². The summed E-state index contributed by atoms with van der Waals surface area (Å²) in [6.07, 6.45) is 0.708. The first-order chi connectivity index (χ1) is 8.41. The SMILES string of the molecule is CC(C)N(C)c1ccc(C(S)CCC(=O)O)cc1. The second kappa shape index (κ2) is 6.69. The van der Waals surface area contributed by atoms with E-state index in [2.05, 4.69) is 50.6 Å². The van der Waals surface area contributed by atoms with Crippen molar-refractivity contribution in [2.75, 3.05) is 11.9 Å². The molecule has 1 N–H and O–H groups in total. The molecule has 0 aliphatic rings. The fraction of sp³-hybridized carbons (Fsp3) is 0.500. The highest BCUT2D eigenvalue weighted by Crippen LogP contribution is 2.27. The Morgan fingerprint density at radius 3 is 2.33 bits per heavy atom. The third-order valence-corrected chi connectivity index (χ3v) is 3.65. The van der Waals surface area contributed by atoms with Gasteiger partial charge in [0, 0.05) is 30.4 Å². The summed E-state index contributed by atoms with van der Waals surface area (Å²) in [5.74, 6) is -0.773. The van der Waals surface area contributed by atoms with Crippen molar-refractivity contribution < 1.29 is 9.90 Å². The van der Waals surface area contributed by atoms with Gasteiger partial charge in [0.25, 0.3) is 0 Å². The normalized spacial score (nSPS) is 12.5. The molecule has 0 bridgehead atoms. The zero-order valence-electron chi connectivity index (χ0n) is 11.1. The van der Waals surface area contributed by atoms with Crippen LogP contribution < -0.4 is 4.90 Å². The van der Waals surface area contributed by atoms with Crippen LogP contribution in [0.25, 0.3) is 0 Å². The smallest absolute Gasteiger partial charge is 0.303 e. The summed E-state index contributed by atoms with van der Waals surface area (Å²) in [6, 6.07) is 8.61. The fourth-order valence-electron chi connectivity index (χ4n) is 1.66. The van der Waals surface area contributed by atoms with Crippen molar-refractivity contribution in [3.8, 4) is 0 Å². The third kappa shape index (κ3) is 4.26. The molecule has 0 aliphatic heterocycles. The van der Waals surface area contributed by atoms with Gasteiger partial charge in [-0.15, -0.1) is 0 Å². The van der Waals surface area contributed by atoms with E-state index < -0.39 is 5.97 Å². The molecule has 0 spiro atoms. The Hall–Kier alpha value is -1.16. The van der Waals surface area contributed by atoms with E-state index in [-0.39, 0.29) is 11.7 Å². The third-order valence-electron chi connectivity index (χ3n) is 3.09. The lowest BCUT2D eigenvalue weighted by molar-refractivity contribution is -0.137. The number of carboxylic acid groups (broad SMARTS) is 1. The first-order valence-corrected chi connectivity index (χ1v) is 6.66. The molecule has 0 radical (unpaired) electrons. The van der Waals surface area contributed by atoms with Crippen LogP contribution in [0, 0.1) is 0 Å². The maximum Gasteiger partial charge on any atom is 0.303 e. The number of benzene rings is 1. The predicted molar refractivity (Wildman–Crippen MR) is 78.6 cm³/mol. The van der Waals surface area contributed by atoms with Crippen molar-refractivity contribution in [1.29, 1.82) is 0 Å². The highest BCUT2D eigenvalue weighted by Gasteiger charge is 2.10. The van der Waals surface area contributed by atoms with Crippen molar-refractivity contribution in [2.24, 2.45) is 0 Å². The summed E-state index contributed by atoms with van der Waals surface area (Å²) < 4.78 is 0. The summed E-state index contributed by atoms with van der Waals surface area (Å²) >= 11 is 4.44. The van der Waals surface area contributed by atoms with Gasteiger partial charge in [0.1, 0.15) is 0 Å². The van der Waals surface area contributed by atoms with Gasteiger partial charge < -0.3 is 10.0 Å². The Morgan fingerprint density at radius 1 is 1.33 bits per heavy atom. The van der Waals surface area contributed by atoms with Crippen molar-refractivity contribution in [3.05, 3.63) is 29.8 Å².